The van der Waals surface area contributed by atoms with Gasteiger partial charge in [-0.3, -0.25) is 4.79 Å². The van der Waals surface area contributed by atoms with Crippen molar-refractivity contribution in [2.24, 2.45) is 0 Å². The van der Waals surface area contributed by atoms with Gasteiger partial charge in [0.25, 0.3) is 0 Å². The van der Waals surface area contributed by atoms with E-state index in [-0.39, 0.29) is 5.78 Å². The quantitative estimate of drug-likeness (QED) is 0.596. The minimum atomic E-state index is -0.390. The molecule has 17 heavy (non-hydrogen) atoms. The molecule has 0 bridgehead atoms. The Kier molecular flexibility index (Phi) is 5.85. The molecule has 0 atom stereocenters. The van der Waals surface area contributed by atoms with Crippen LogP contribution in [0.3, 0.4) is 0 Å². The largest absolute Gasteiger partial charge is 0.465 e. The zero-order valence-corrected chi connectivity index (χ0v) is 12.5. The lowest BCUT2D eigenvalue weighted by molar-refractivity contribution is -0.115. The number of hydrogen-bond donors (Lipinski definition) is 0. The topological polar surface area (TPSA) is 43.4 Å². The summed E-state index contributed by atoms with van der Waals surface area (Å²) >= 11 is 6.49. The van der Waals surface area contributed by atoms with Crippen LogP contribution in [0.15, 0.2) is 18.2 Å². The smallest absolute Gasteiger partial charge is 0.337 e. The summed E-state index contributed by atoms with van der Waals surface area (Å²) in [6.07, 6.45) is 0.316. The van der Waals surface area contributed by atoms with Gasteiger partial charge in [0.05, 0.1) is 18.0 Å². The van der Waals surface area contributed by atoms with Crippen molar-refractivity contribution in [1.82, 2.24) is 0 Å². The molecule has 0 radical (unpaired) electrons. The van der Waals surface area contributed by atoms with Gasteiger partial charge in [-0.25, -0.2) is 4.79 Å². The van der Waals surface area contributed by atoms with Crippen molar-refractivity contribution in [2.75, 3.05) is 12.4 Å². The summed E-state index contributed by atoms with van der Waals surface area (Å²) in [5, 5.41) is 0.969. The van der Waals surface area contributed by atoms with Gasteiger partial charge in [-0.15, -0.1) is 0 Å². The molecule has 0 amide bonds. The number of esters is 1. The van der Waals surface area contributed by atoms with E-state index in [9.17, 15) is 9.59 Å². The Labute approximate surface area is 117 Å². The monoisotopic (exact) mass is 362 g/mol. The first-order chi connectivity index (χ1) is 8.12. The number of methoxy groups -OCH3 is 1. The normalized spacial score (nSPS) is 10.1. The lowest BCUT2D eigenvalue weighted by Crippen LogP contribution is -2.08. The zero-order valence-electron chi connectivity index (χ0n) is 9.33. The fraction of sp³-hybridized carbons (Fsp3) is 0.333. The summed E-state index contributed by atoms with van der Waals surface area (Å²) < 4.78 is 4.65. The Bertz CT molecular complexity index is 430. The van der Waals surface area contributed by atoms with E-state index in [2.05, 4.69) is 36.6 Å². The number of benzene rings is 1. The van der Waals surface area contributed by atoms with Gasteiger partial charge in [0, 0.05) is 11.8 Å². The van der Waals surface area contributed by atoms with Crippen LogP contribution < -0.4 is 0 Å². The Balaban J connectivity index is 3.06. The highest BCUT2D eigenvalue weighted by Gasteiger charge is 2.11. The zero-order chi connectivity index (χ0) is 12.8. The van der Waals surface area contributed by atoms with E-state index in [1.54, 1.807) is 12.1 Å². The van der Waals surface area contributed by atoms with Crippen molar-refractivity contribution in [3.8, 4) is 0 Å². The molecule has 0 saturated heterocycles. The molecule has 1 aromatic carbocycles. The molecule has 0 aliphatic rings. The standard InChI is InChI=1S/C12H12Br2O3/c1-17-12(16)8-2-3-9(6-13)10(4-8)5-11(15)7-14/h2-4H,5-7H2,1H3. The number of carbonyl (C=O) groups excluding carboxylic acids is 2. The van der Waals surface area contributed by atoms with E-state index in [4.69, 9.17) is 0 Å². The highest BCUT2D eigenvalue weighted by atomic mass is 79.9. The predicted molar refractivity (Wildman–Crippen MR) is 72.9 cm³/mol. The highest BCUT2D eigenvalue weighted by Crippen LogP contribution is 2.17. The van der Waals surface area contributed by atoms with Crippen LogP contribution in [-0.4, -0.2) is 24.2 Å². The van der Waals surface area contributed by atoms with Crippen molar-refractivity contribution in [3.63, 3.8) is 0 Å². The predicted octanol–water partition coefficient (Wildman–Crippen LogP) is 2.87. The molecule has 0 aromatic heterocycles. The number of hydrogen-bond acceptors (Lipinski definition) is 3. The lowest BCUT2D eigenvalue weighted by Gasteiger charge is -2.08. The van der Waals surface area contributed by atoms with Crippen LogP contribution in [0.4, 0.5) is 0 Å². The van der Waals surface area contributed by atoms with Crippen LogP contribution in [-0.2, 0) is 21.3 Å². The summed E-state index contributed by atoms with van der Waals surface area (Å²) in [6.45, 7) is 0. The first-order valence-corrected chi connectivity index (χ1v) is 7.20. The van der Waals surface area contributed by atoms with Gasteiger partial charge in [-0.1, -0.05) is 37.9 Å². The first-order valence-electron chi connectivity index (χ1n) is 4.96. The van der Waals surface area contributed by atoms with Crippen LogP contribution >= 0.6 is 31.9 Å². The molecule has 5 heteroatoms. The summed E-state index contributed by atoms with van der Waals surface area (Å²) in [4.78, 5) is 22.8. The van der Waals surface area contributed by atoms with Crippen molar-refractivity contribution in [3.05, 3.63) is 34.9 Å². The molecule has 1 aromatic rings. The van der Waals surface area contributed by atoms with Crippen molar-refractivity contribution >= 4 is 43.6 Å². The molecule has 3 nitrogen and oxygen atoms in total. The molecule has 1 rings (SSSR count). The Morgan fingerprint density at radius 3 is 2.47 bits per heavy atom. The molecule has 0 unspecified atom stereocenters. The highest BCUT2D eigenvalue weighted by molar-refractivity contribution is 9.09. The summed E-state index contributed by atoms with van der Waals surface area (Å²) in [5.74, 6) is -0.312. The third kappa shape index (κ3) is 3.92. The number of ether oxygens (including phenoxy) is 1. The Morgan fingerprint density at radius 2 is 1.94 bits per heavy atom. The van der Waals surface area contributed by atoms with Gasteiger partial charge in [-0.05, 0) is 23.3 Å². The van der Waals surface area contributed by atoms with Crippen LogP contribution in [0.25, 0.3) is 0 Å². The summed E-state index contributed by atoms with van der Waals surface area (Å²) in [6, 6.07) is 5.24. The number of ketones is 1. The summed E-state index contributed by atoms with van der Waals surface area (Å²) in [5.41, 5.74) is 2.33. The third-order valence-electron chi connectivity index (χ3n) is 2.31. The molecule has 0 heterocycles. The molecular weight excluding hydrogens is 352 g/mol. The maximum atomic E-state index is 11.4. The molecule has 0 aliphatic heterocycles. The van der Waals surface area contributed by atoms with Crippen LogP contribution in [0.1, 0.15) is 21.5 Å². The second kappa shape index (κ2) is 6.91. The minimum absolute atomic E-state index is 0.0780. The first kappa shape index (κ1) is 14.4. The van der Waals surface area contributed by atoms with E-state index in [1.165, 1.54) is 7.11 Å². The molecule has 0 saturated carbocycles. The van der Waals surface area contributed by atoms with E-state index in [0.717, 1.165) is 11.1 Å². The van der Waals surface area contributed by atoms with Crippen LogP contribution in [0.2, 0.25) is 0 Å². The fourth-order valence-corrected chi connectivity index (χ4v) is 2.17. The number of alkyl halides is 2. The van der Waals surface area contributed by atoms with Gasteiger partial charge >= 0.3 is 5.97 Å². The summed E-state index contributed by atoms with van der Waals surface area (Å²) in [7, 11) is 1.34. The number of Topliss-reactive ketones (excluding diaryl/α,β-unsaturated/α-hetero) is 1. The van der Waals surface area contributed by atoms with E-state index in [0.29, 0.717) is 22.6 Å². The van der Waals surface area contributed by atoms with Crippen molar-refractivity contribution in [2.45, 2.75) is 11.8 Å². The average molecular weight is 364 g/mol. The number of halogens is 2. The molecule has 0 aliphatic carbocycles. The van der Waals surface area contributed by atoms with Gasteiger partial charge in [-0.2, -0.15) is 0 Å². The minimum Gasteiger partial charge on any atom is -0.465 e. The maximum Gasteiger partial charge on any atom is 0.337 e. The third-order valence-corrected chi connectivity index (χ3v) is 3.54. The van der Waals surface area contributed by atoms with E-state index >= 15 is 0 Å². The molecule has 0 fully saturated rings. The van der Waals surface area contributed by atoms with Gasteiger partial charge in [0.15, 0.2) is 0 Å². The second-order valence-corrected chi connectivity index (χ2v) is 4.58. The van der Waals surface area contributed by atoms with Crippen LogP contribution in [0.5, 0.6) is 0 Å². The number of carbonyl (C=O) groups is 2. The SMILES string of the molecule is COC(=O)c1ccc(CBr)c(CC(=O)CBr)c1. The maximum absolute atomic E-state index is 11.4. The lowest BCUT2D eigenvalue weighted by atomic mass is 10.0. The van der Waals surface area contributed by atoms with Crippen molar-refractivity contribution < 1.29 is 14.3 Å². The molecular formula is C12H12Br2O3. The van der Waals surface area contributed by atoms with Gasteiger partial charge < -0.3 is 4.74 Å². The van der Waals surface area contributed by atoms with Gasteiger partial charge in [0.1, 0.15) is 5.78 Å². The molecule has 92 valence electrons. The van der Waals surface area contributed by atoms with E-state index in [1.807, 2.05) is 6.07 Å². The fourth-order valence-electron chi connectivity index (χ4n) is 1.43. The Morgan fingerprint density at radius 1 is 1.24 bits per heavy atom. The second-order valence-electron chi connectivity index (χ2n) is 3.46. The Hall–Kier alpha value is -0.680. The number of rotatable bonds is 5. The average Bonchev–Trinajstić information content (AvgIpc) is 2.37. The van der Waals surface area contributed by atoms with Crippen LogP contribution in [0, 0.1) is 0 Å². The van der Waals surface area contributed by atoms with Crippen molar-refractivity contribution in [1.29, 1.82) is 0 Å². The van der Waals surface area contributed by atoms with Gasteiger partial charge in [0.2, 0.25) is 0 Å². The molecule has 0 spiro atoms. The van der Waals surface area contributed by atoms with E-state index < -0.39 is 5.97 Å². The molecule has 0 N–H and O–H groups in total.